The normalized spacial score (nSPS) is 12.9. The van der Waals surface area contributed by atoms with Crippen LogP contribution in [0.5, 0.6) is 0 Å². The van der Waals surface area contributed by atoms with Gasteiger partial charge in [0.05, 0.1) is 6.20 Å². The van der Waals surface area contributed by atoms with Crippen LogP contribution in [0.4, 0.5) is 0 Å². The molecule has 0 radical (unpaired) electrons. The van der Waals surface area contributed by atoms with Crippen molar-refractivity contribution in [2.24, 2.45) is 12.8 Å². The predicted molar refractivity (Wildman–Crippen MR) is 62.9 cm³/mol. The summed E-state index contributed by atoms with van der Waals surface area (Å²) in [6, 6.07) is 4.39. The summed E-state index contributed by atoms with van der Waals surface area (Å²) < 4.78 is 1.81. The molecule has 0 saturated carbocycles. The number of rotatable bonds is 4. The lowest BCUT2D eigenvalue weighted by molar-refractivity contribution is 0.670. The molecule has 0 amide bonds. The summed E-state index contributed by atoms with van der Waals surface area (Å²) >= 11 is 1.77. The SMILES string of the molecule is Cn1cc(CC(N)Cc2cccs2)cn1. The topological polar surface area (TPSA) is 43.8 Å². The zero-order valence-corrected chi connectivity index (χ0v) is 9.57. The Hall–Kier alpha value is -1.13. The average molecular weight is 221 g/mol. The Labute approximate surface area is 93.5 Å². The lowest BCUT2D eigenvalue weighted by atomic mass is 10.1. The van der Waals surface area contributed by atoms with E-state index >= 15 is 0 Å². The molecule has 80 valence electrons. The van der Waals surface area contributed by atoms with Gasteiger partial charge in [-0.05, 0) is 29.9 Å². The second-order valence-corrected chi connectivity index (χ2v) is 4.80. The zero-order chi connectivity index (χ0) is 10.7. The minimum absolute atomic E-state index is 0.188. The van der Waals surface area contributed by atoms with E-state index in [4.69, 9.17) is 5.73 Å². The Bertz CT molecular complexity index is 405. The molecule has 0 bridgehead atoms. The van der Waals surface area contributed by atoms with Gasteiger partial charge in [-0.15, -0.1) is 11.3 Å². The number of thiophene rings is 1. The standard InChI is InChI=1S/C11H15N3S/c1-14-8-9(7-13-14)5-10(12)6-11-3-2-4-15-11/h2-4,7-8,10H,5-6,12H2,1H3. The van der Waals surface area contributed by atoms with Crippen LogP contribution in [-0.4, -0.2) is 15.8 Å². The highest BCUT2D eigenvalue weighted by molar-refractivity contribution is 7.09. The fraction of sp³-hybridized carbons (Fsp3) is 0.364. The van der Waals surface area contributed by atoms with E-state index in [0.29, 0.717) is 0 Å². The summed E-state index contributed by atoms with van der Waals surface area (Å²) in [6.45, 7) is 0. The van der Waals surface area contributed by atoms with Crippen LogP contribution in [0.2, 0.25) is 0 Å². The van der Waals surface area contributed by atoms with Crippen LogP contribution in [0, 0.1) is 0 Å². The molecule has 15 heavy (non-hydrogen) atoms. The number of aryl methyl sites for hydroxylation is 1. The highest BCUT2D eigenvalue weighted by Gasteiger charge is 2.07. The predicted octanol–water partition coefficient (Wildman–Crippen LogP) is 1.59. The summed E-state index contributed by atoms with van der Waals surface area (Å²) in [7, 11) is 1.92. The lowest BCUT2D eigenvalue weighted by Crippen LogP contribution is -2.24. The van der Waals surface area contributed by atoms with Crippen LogP contribution in [0.25, 0.3) is 0 Å². The Morgan fingerprint density at radius 1 is 1.53 bits per heavy atom. The molecule has 0 saturated heterocycles. The molecule has 2 N–H and O–H groups in total. The van der Waals surface area contributed by atoms with Gasteiger partial charge in [0.2, 0.25) is 0 Å². The number of nitrogens with zero attached hydrogens (tertiary/aromatic N) is 2. The molecule has 0 aliphatic heterocycles. The van der Waals surface area contributed by atoms with Gasteiger partial charge in [-0.25, -0.2) is 0 Å². The molecule has 2 aromatic rings. The van der Waals surface area contributed by atoms with Crippen molar-refractivity contribution in [3.8, 4) is 0 Å². The highest BCUT2D eigenvalue weighted by Crippen LogP contribution is 2.12. The van der Waals surface area contributed by atoms with E-state index in [1.807, 2.05) is 24.1 Å². The average Bonchev–Trinajstić information content (AvgIpc) is 2.77. The molecule has 0 fully saturated rings. The van der Waals surface area contributed by atoms with Crippen molar-refractivity contribution in [2.45, 2.75) is 18.9 Å². The van der Waals surface area contributed by atoms with Crippen molar-refractivity contribution in [3.63, 3.8) is 0 Å². The third-order valence-corrected chi connectivity index (χ3v) is 3.20. The van der Waals surface area contributed by atoms with Gasteiger partial charge in [-0.2, -0.15) is 5.10 Å². The zero-order valence-electron chi connectivity index (χ0n) is 8.76. The van der Waals surface area contributed by atoms with E-state index in [9.17, 15) is 0 Å². The van der Waals surface area contributed by atoms with Crippen LogP contribution in [-0.2, 0) is 19.9 Å². The maximum atomic E-state index is 6.08. The molecule has 0 spiro atoms. The molecule has 3 nitrogen and oxygen atoms in total. The summed E-state index contributed by atoms with van der Waals surface area (Å²) in [5.41, 5.74) is 7.29. The molecule has 2 rings (SSSR count). The molecule has 1 unspecified atom stereocenters. The molecule has 4 heteroatoms. The van der Waals surface area contributed by atoms with Gasteiger partial charge in [0.15, 0.2) is 0 Å². The summed E-state index contributed by atoms with van der Waals surface area (Å²) in [4.78, 5) is 1.35. The number of aromatic nitrogens is 2. The van der Waals surface area contributed by atoms with Crippen molar-refractivity contribution < 1.29 is 0 Å². The molecule has 0 aromatic carbocycles. The molecule has 0 aliphatic rings. The van der Waals surface area contributed by atoms with Gasteiger partial charge in [0, 0.05) is 24.2 Å². The van der Waals surface area contributed by atoms with Gasteiger partial charge < -0.3 is 5.73 Å². The Morgan fingerprint density at radius 2 is 2.40 bits per heavy atom. The minimum atomic E-state index is 0.188. The maximum Gasteiger partial charge on any atom is 0.0522 e. The quantitative estimate of drug-likeness (QED) is 0.852. The Kier molecular flexibility index (Phi) is 3.18. The van der Waals surface area contributed by atoms with E-state index in [1.54, 1.807) is 11.3 Å². The van der Waals surface area contributed by atoms with Crippen molar-refractivity contribution in [1.29, 1.82) is 0 Å². The van der Waals surface area contributed by atoms with Crippen LogP contribution in [0.1, 0.15) is 10.4 Å². The van der Waals surface area contributed by atoms with Crippen LogP contribution in [0.3, 0.4) is 0 Å². The van der Waals surface area contributed by atoms with E-state index in [2.05, 4.69) is 22.6 Å². The first-order chi connectivity index (χ1) is 7.24. The van der Waals surface area contributed by atoms with E-state index < -0.39 is 0 Å². The minimum Gasteiger partial charge on any atom is -0.327 e. The molecule has 2 heterocycles. The first-order valence-corrected chi connectivity index (χ1v) is 5.87. The van der Waals surface area contributed by atoms with Crippen LogP contribution >= 0.6 is 11.3 Å². The van der Waals surface area contributed by atoms with Crippen LogP contribution in [0.15, 0.2) is 29.9 Å². The van der Waals surface area contributed by atoms with Gasteiger partial charge in [-0.1, -0.05) is 6.07 Å². The van der Waals surface area contributed by atoms with Crippen molar-refractivity contribution in [1.82, 2.24) is 9.78 Å². The smallest absolute Gasteiger partial charge is 0.0522 e. The van der Waals surface area contributed by atoms with Gasteiger partial charge in [0.1, 0.15) is 0 Å². The Morgan fingerprint density at radius 3 is 3.00 bits per heavy atom. The Balaban J connectivity index is 1.90. The lowest BCUT2D eigenvalue weighted by Gasteiger charge is -2.08. The third kappa shape index (κ3) is 2.91. The van der Waals surface area contributed by atoms with Gasteiger partial charge >= 0.3 is 0 Å². The van der Waals surface area contributed by atoms with E-state index in [1.165, 1.54) is 10.4 Å². The first-order valence-electron chi connectivity index (χ1n) is 4.99. The fourth-order valence-electron chi connectivity index (χ4n) is 1.64. The fourth-order valence-corrected chi connectivity index (χ4v) is 2.44. The second kappa shape index (κ2) is 4.59. The molecular formula is C11H15N3S. The van der Waals surface area contributed by atoms with Crippen molar-refractivity contribution >= 4 is 11.3 Å². The summed E-state index contributed by atoms with van der Waals surface area (Å²) in [6.07, 6.45) is 5.75. The van der Waals surface area contributed by atoms with Crippen molar-refractivity contribution in [3.05, 3.63) is 40.3 Å². The second-order valence-electron chi connectivity index (χ2n) is 3.77. The third-order valence-electron chi connectivity index (χ3n) is 2.30. The molecule has 1 atom stereocenters. The summed E-state index contributed by atoms with van der Waals surface area (Å²) in [5.74, 6) is 0. The van der Waals surface area contributed by atoms with Gasteiger partial charge in [-0.3, -0.25) is 4.68 Å². The summed E-state index contributed by atoms with van der Waals surface area (Å²) in [5, 5.41) is 6.22. The molecule has 0 aliphatic carbocycles. The number of hydrogen-bond acceptors (Lipinski definition) is 3. The maximum absolute atomic E-state index is 6.08. The monoisotopic (exact) mass is 221 g/mol. The largest absolute Gasteiger partial charge is 0.327 e. The van der Waals surface area contributed by atoms with Crippen LogP contribution < -0.4 is 5.73 Å². The highest BCUT2D eigenvalue weighted by atomic mass is 32.1. The van der Waals surface area contributed by atoms with E-state index in [0.717, 1.165) is 12.8 Å². The van der Waals surface area contributed by atoms with E-state index in [-0.39, 0.29) is 6.04 Å². The number of nitrogens with two attached hydrogens (primary N) is 1. The van der Waals surface area contributed by atoms with Gasteiger partial charge in [0.25, 0.3) is 0 Å². The molecule has 2 aromatic heterocycles. The van der Waals surface area contributed by atoms with Crippen molar-refractivity contribution in [2.75, 3.05) is 0 Å². The first kappa shape index (κ1) is 10.4. The molecular weight excluding hydrogens is 206 g/mol. The number of hydrogen-bond donors (Lipinski definition) is 1.